The molecule has 0 aliphatic carbocycles. The van der Waals surface area contributed by atoms with Crippen molar-refractivity contribution in [3.63, 3.8) is 0 Å². The molecule has 0 aromatic carbocycles. The Kier molecular flexibility index (Phi) is 6.38. The summed E-state index contributed by atoms with van der Waals surface area (Å²) in [6.07, 6.45) is 8.26. The first-order valence-electron chi connectivity index (χ1n) is 5.30. The zero-order valence-electron chi connectivity index (χ0n) is 10.9. The lowest BCUT2D eigenvalue weighted by Gasteiger charge is -2.26. The molecule has 0 spiro atoms. The molecule has 0 saturated heterocycles. The number of amides is 2. The molecule has 2 amide bonds. The second-order valence-corrected chi connectivity index (χ2v) is 4.66. The van der Waals surface area contributed by atoms with Gasteiger partial charge in [0, 0.05) is 6.54 Å². The molecule has 0 aromatic heterocycles. The number of ether oxygens (including phenoxy) is 2. The molecule has 5 heteroatoms. The zero-order valence-corrected chi connectivity index (χ0v) is 10.9. The molecule has 98 valence electrons. The number of imide groups is 1. The first kappa shape index (κ1) is 15.9. The summed E-state index contributed by atoms with van der Waals surface area (Å²) in [5, 5.41) is 0. The highest BCUT2D eigenvalue weighted by Crippen LogP contribution is 2.16. The number of hydrogen-bond acceptors (Lipinski definition) is 4. The summed E-state index contributed by atoms with van der Waals surface area (Å²) in [5.74, 6) is 4.29. The van der Waals surface area contributed by atoms with Crippen LogP contribution < -0.4 is 0 Å². The number of carbonyl (C=O) groups is 2. The van der Waals surface area contributed by atoms with Gasteiger partial charge in [0.25, 0.3) is 0 Å². The quantitative estimate of drug-likeness (QED) is 0.718. The summed E-state index contributed by atoms with van der Waals surface area (Å²) in [6, 6.07) is 0. The molecule has 0 radical (unpaired) electrons. The summed E-state index contributed by atoms with van der Waals surface area (Å²) >= 11 is 0. The summed E-state index contributed by atoms with van der Waals surface area (Å²) < 4.78 is 9.40. The SMILES string of the molecule is C#CCOC(=O)N(CC(C)(C)C)C(=O)OCC#C. The van der Waals surface area contributed by atoms with Crippen molar-refractivity contribution >= 4 is 12.2 Å². The van der Waals surface area contributed by atoms with Crippen LogP contribution in [-0.4, -0.2) is 36.8 Å². The highest BCUT2D eigenvalue weighted by molar-refractivity contribution is 5.87. The molecular weight excluding hydrogens is 234 g/mol. The summed E-state index contributed by atoms with van der Waals surface area (Å²) in [5.41, 5.74) is -0.301. The van der Waals surface area contributed by atoms with Gasteiger partial charge in [-0.3, -0.25) is 0 Å². The molecule has 0 aliphatic rings. The average molecular weight is 251 g/mol. The van der Waals surface area contributed by atoms with Gasteiger partial charge in [0.15, 0.2) is 13.2 Å². The second-order valence-electron chi connectivity index (χ2n) is 4.66. The van der Waals surface area contributed by atoms with Gasteiger partial charge in [-0.25, -0.2) is 14.5 Å². The lowest BCUT2D eigenvalue weighted by Crippen LogP contribution is -2.43. The first-order chi connectivity index (χ1) is 8.31. The van der Waals surface area contributed by atoms with Gasteiger partial charge in [-0.1, -0.05) is 32.6 Å². The number of nitrogens with zero attached hydrogens (tertiary/aromatic N) is 1. The van der Waals surface area contributed by atoms with Crippen LogP contribution in [0.4, 0.5) is 9.59 Å². The maximum Gasteiger partial charge on any atom is 0.420 e. The zero-order chi connectivity index (χ0) is 14.2. The molecule has 0 N–H and O–H groups in total. The van der Waals surface area contributed by atoms with Crippen LogP contribution in [0.15, 0.2) is 0 Å². The van der Waals surface area contributed by atoms with Crippen molar-refractivity contribution < 1.29 is 19.1 Å². The number of hydrogen-bond donors (Lipinski definition) is 0. The number of terminal acetylenes is 2. The smallest absolute Gasteiger partial charge is 0.420 e. The maximum atomic E-state index is 11.6. The molecule has 0 fully saturated rings. The highest BCUT2D eigenvalue weighted by Gasteiger charge is 2.29. The van der Waals surface area contributed by atoms with Crippen molar-refractivity contribution in [2.24, 2.45) is 5.41 Å². The van der Waals surface area contributed by atoms with Crippen molar-refractivity contribution in [3.8, 4) is 24.7 Å². The lowest BCUT2D eigenvalue weighted by atomic mass is 9.96. The first-order valence-corrected chi connectivity index (χ1v) is 5.30. The van der Waals surface area contributed by atoms with Crippen LogP contribution in [0.1, 0.15) is 20.8 Å². The van der Waals surface area contributed by atoms with Crippen LogP contribution >= 0.6 is 0 Å². The standard InChI is InChI=1S/C13H17NO4/c1-6-8-17-11(15)14(10-13(3,4)5)12(16)18-9-7-2/h1-2H,8-10H2,3-5H3. The Labute approximate surface area is 107 Å². The van der Waals surface area contributed by atoms with Crippen LogP contribution in [-0.2, 0) is 9.47 Å². The van der Waals surface area contributed by atoms with Gasteiger partial charge in [0.05, 0.1) is 0 Å². The van der Waals surface area contributed by atoms with Gasteiger partial charge in [-0.05, 0) is 5.41 Å². The van der Waals surface area contributed by atoms with Crippen LogP contribution in [0.5, 0.6) is 0 Å². The molecule has 0 heterocycles. The van der Waals surface area contributed by atoms with Crippen molar-refractivity contribution in [1.82, 2.24) is 4.90 Å². The van der Waals surface area contributed by atoms with Crippen LogP contribution in [0.3, 0.4) is 0 Å². The third kappa shape index (κ3) is 6.44. The van der Waals surface area contributed by atoms with E-state index >= 15 is 0 Å². The fourth-order valence-electron chi connectivity index (χ4n) is 1.04. The van der Waals surface area contributed by atoms with Gasteiger partial charge in [-0.15, -0.1) is 12.8 Å². The predicted octanol–water partition coefficient (Wildman–Crippen LogP) is 1.87. The molecule has 0 saturated carbocycles. The van der Waals surface area contributed by atoms with Gasteiger partial charge in [-0.2, -0.15) is 0 Å². The number of rotatable bonds is 3. The van der Waals surface area contributed by atoms with Gasteiger partial charge in [0.2, 0.25) is 0 Å². The van der Waals surface area contributed by atoms with Crippen molar-refractivity contribution in [1.29, 1.82) is 0 Å². The van der Waals surface area contributed by atoms with Crippen molar-refractivity contribution in [2.75, 3.05) is 19.8 Å². The molecular formula is C13H17NO4. The third-order valence-corrected chi connectivity index (χ3v) is 1.63. The normalized spacial score (nSPS) is 9.83. The Morgan fingerprint density at radius 2 is 1.44 bits per heavy atom. The van der Waals surface area contributed by atoms with Gasteiger partial charge >= 0.3 is 12.2 Å². The van der Waals surface area contributed by atoms with Crippen LogP contribution in [0.25, 0.3) is 0 Å². The molecule has 0 unspecified atom stereocenters. The van der Waals surface area contributed by atoms with E-state index in [1.165, 1.54) is 0 Å². The van der Waals surface area contributed by atoms with Crippen LogP contribution in [0, 0.1) is 30.1 Å². The van der Waals surface area contributed by atoms with E-state index in [0.29, 0.717) is 0 Å². The Morgan fingerprint density at radius 1 is 1.06 bits per heavy atom. The Balaban J connectivity index is 4.72. The Morgan fingerprint density at radius 3 is 1.72 bits per heavy atom. The van der Waals surface area contributed by atoms with E-state index in [9.17, 15) is 9.59 Å². The van der Waals surface area contributed by atoms with E-state index in [4.69, 9.17) is 22.3 Å². The molecule has 0 bridgehead atoms. The fourth-order valence-corrected chi connectivity index (χ4v) is 1.04. The Hall–Kier alpha value is -2.14. The predicted molar refractivity (Wildman–Crippen MR) is 66.5 cm³/mol. The van der Waals surface area contributed by atoms with E-state index < -0.39 is 12.2 Å². The minimum Gasteiger partial charge on any atom is -0.436 e. The Bertz CT molecular complexity index is 351. The second kappa shape index (κ2) is 7.24. The minimum atomic E-state index is -0.843. The molecule has 0 rings (SSSR count). The largest absolute Gasteiger partial charge is 0.436 e. The lowest BCUT2D eigenvalue weighted by molar-refractivity contribution is 0.0765. The van der Waals surface area contributed by atoms with E-state index in [1.54, 1.807) is 0 Å². The van der Waals surface area contributed by atoms with E-state index in [2.05, 4.69) is 11.8 Å². The highest BCUT2D eigenvalue weighted by atomic mass is 16.6. The maximum absolute atomic E-state index is 11.6. The minimum absolute atomic E-state index is 0.139. The third-order valence-electron chi connectivity index (χ3n) is 1.63. The fraction of sp³-hybridized carbons (Fsp3) is 0.538. The summed E-state index contributed by atoms with van der Waals surface area (Å²) in [7, 11) is 0. The molecule has 0 aliphatic heterocycles. The summed E-state index contributed by atoms with van der Waals surface area (Å²) in [4.78, 5) is 24.1. The van der Waals surface area contributed by atoms with Crippen LogP contribution in [0.2, 0.25) is 0 Å². The van der Waals surface area contributed by atoms with E-state index in [0.717, 1.165) is 4.90 Å². The monoisotopic (exact) mass is 251 g/mol. The number of carbonyl (C=O) groups excluding carboxylic acids is 2. The van der Waals surface area contributed by atoms with Gasteiger partial charge < -0.3 is 9.47 Å². The molecule has 18 heavy (non-hydrogen) atoms. The average Bonchev–Trinajstić information content (AvgIpc) is 2.28. The molecule has 0 aromatic rings. The molecule has 5 nitrogen and oxygen atoms in total. The topological polar surface area (TPSA) is 55.8 Å². The molecule has 0 atom stereocenters. The van der Waals surface area contributed by atoms with Crippen molar-refractivity contribution in [3.05, 3.63) is 0 Å². The van der Waals surface area contributed by atoms with Crippen molar-refractivity contribution in [2.45, 2.75) is 20.8 Å². The van der Waals surface area contributed by atoms with E-state index in [-0.39, 0.29) is 25.2 Å². The summed E-state index contributed by atoms with van der Waals surface area (Å²) in [6.45, 7) is 5.32. The van der Waals surface area contributed by atoms with Gasteiger partial charge in [0.1, 0.15) is 0 Å². The van der Waals surface area contributed by atoms with E-state index in [1.807, 2.05) is 20.8 Å².